The highest BCUT2D eigenvalue weighted by Gasteiger charge is 2.32. The Morgan fingerprint density at radius 2 is 2.05 bits per heavy atom. The molecule has 4 heteroatoms. The maximum atomic E-state index is 4.73. The van der Waals surface area contributed by atoms with Gasteiger partial charge in [-0.1, -0.05) is 34.6 Å². The van der Waals surface area contributed by atoms with Crippen molar-refractivity contribution in [2.45, 2.75) is 53.9 Å². The number of hydrogen-bond acceptors (Lipinski definition) is 4. The molecule has 1 aromatic rings. The first-order chi connectivity index (χ1) is 9.94. The fraction of sp³-hybridized carbons (Fsp3) is 0.765. The lowest BCUT2D eigenvalue weighted by atomic mass is 9.80. The molecule has 0 amide bonds. The van der Waals surface area contributed by atoms with Gasteiger partial charge in [-0.05, 0) is 24.2 Å². The molecule has 1 N–H and O–H groups in total. The van der Waals surface area contributed by atoms with E-state index >= 15 is 0 Å². The molecular formula is C17H30N4. The van der Waals surface area contributed by atoms with Gasteiger partial charge in [0.25, 0.3) is 0 Å². The Bertz CT molecular complexity index is 464. The summed E-state index contributed by atoms with van der Waals surface area (Å²) < 4.78 is 0. The van der Waals surface area contributed by atoms with Crippen molar-refractivity contribution in [3.05, 3.63) is 11.9 Å². The Labute approximate surface area is 129 Å². The van der Waals surface area contributed by atoms with Crippen LogP contribution < -0.4 is 10.2 Å². The number of anilines is 2. The van der Waals surface area contributed by atoms with Gasteiger partial charge in [0.2, 0.25) is 0 Å². The monoisotopic (exact) mass is 290 g/mol. The summed E-state index contributed by atoms with van der Waals surface area (Å²) in [6.07, 6.45) is 3.24. The molecule has 1 aliphatic rings. The lowest BCUT2D eigenvalue weighted by Crippen LogP contribution is -2.26. The van der Waals surface area contributed by atoms with Crippen LogP contribution in [0.2, 0.25) is 0 Å². The Morgan fingerprint density at radius 1 is 1.29 bits per heavy atom. The van der Waals surface area contributed by atoms with Crippen molar-refractivity contribution in [3.63, 3.8) is 0 Å². The Kier molecular flexibility index (Phi) is 5.07. The van der Waals surface area contributed by atoms with Crippen LogP contribution in [0, 0.1) is 11.3 Å². The number of aryl methyl sites for hydroxylation is 1. The Hall–Kier alpha value is -1.32. The van der Waals surface area contributed by atoms with E-state index in [4.69, 9.17) is 4.98 Å². The highest BCUT2D eigenvalue weighted by atomic mass is 15.2. The van der Waals surface area contributed by atoms with Crippen molar-refractivity contribution >= 4 is 11.6 Å². The van der Waals surface area contributed by atoms with Crippen LogP contribution in [-0.2, 0) is 6.42 Å². The molecule has 1 fully saturated rings. The quantitative estimate of drug-likeness (QED) is 0.897. The van der Waals surface area contributed by atoms with Crippen LogP contribution in [0.15, 0.2) is 6.07 Å². The molecule has 0 saturated carbocycles. The van der Waals surface area contributed by atoms with Gasteiger partial charge in [-0.25, -0.2) is 9.97 Å². The number of nitrogens with zero attached hydrogens (tertiary/aromatic N) is 3. The average molecular weight is 290 g/mol. The van der Waals surface area contributed by atoms with Gasteiger partial charge in [0, 0.05) is 32.1 Å². The smallest absolute Gasteiger partial charge is 0.134 e. The molecule has 0 radical (unpaired) electrons. The lowest BCUT2D eigenvalue weighted by molar-refractivity contribution is 0.263. The predicted molar refractivity (Wildman–Crippen MR) is 90.0 cm³/mol. The molecule has 0 aromatic carbocycles. The summed E-state index contributed by atoms with van der Waals surface area (Å²) in [7, 11) is 0. The zero-order chi connectivity index (χ0) is 15.5. The highest BCUT2D eigenvalue weighted by molar-refractivity contribution is 5.50. The molecule has 0 aliphatic carbocycles. The van der Waals surface area contributed by atoms with Crippen LogP contribution in [0.1, 0.15) is 53.3 Å². The molecule has 2 heterocycles. The summed E-state index contributed by atoms with van der Waals surface area (Å²) in [6, 6.07) is 2.11. The van der Waals surface area contributed by atoms with Gasteiger partial charge in [-0.3, -0.25) is 0 Å². The maximum Gasteiger partial charge on any atom is 0.134 e. The Balaban J connectivity index is 2.15. The van der Waals surface area contributed by atoms with Crippen LogP contribution in [0.4, 0.5) is 11.6 Å². The number of rotatable bonds is 5. The third-order valence-electron chi connectivity index (χ3n) is 4.37. The van der Waals surface area contributed by atoms with Gasteiger partial charge < -0.3 is 10.2 Å². The second kappa shape index (κ2) is 6.63. The van der Waals surface area contributed by atoms with Gasteiger partial charge in [0.15, 0.2) is 0 Å². The Morgan fingerprint density at radius 3 is 2.62 bits per heavy atom. The van der Waals surface area contributed by atoms with E-state index < -0.39 is 0 Å². The maximum absolute atomic E-state index is 4.73. The summed E-state index contributed by atoms with van der Waals surface area (Å²) in [5.74, 6) is 3.74. The van der Waals surface area contributed by atoms with Gasteiger partial charge in [-0.2, -0.15) is 0 Å². The van der Waals surface area contributed by atoms with Crippen molar-refractivity contribution < 1.29 is 0 Å². The normalized spacial score (nSPS) is 19.1. The predicted octanol–water partition coefficient (Wildman–Crippen LogP) is 3.73. The largest absolute Gasteiger partial charge is 0.370 e. The first-order valence-corrected chi connectivity index (χ1v) is 8.30. The minimum absolute atomic E-state index is 0.374. The van der Waals surface area contributed by atoms with Crippen molar-refractivity contribution in [1.29, 1.82) is 0 Å². The van der Waals surface area contributed by atoms with Crippen molar-refractivity contribution in [2.24, 2.45) is 11.3 Å². The van der Waals surface area contributed by atoms with Gasteiger partial charge in [0.05, 0.1) is 0 Å². The summed E-state index contributed by atoms with van der Waals surface area (Å²) in [4.78, 5) is 11.7. The second-order valence-electron chi connectivity index (χ2n) is 7.11. The van der Waals surface area contributed by atoms with Gasteiger partial charge >= 0.3 is 0 Å². The van der Waals surface area contributed by atoms with Crippen LogP contribution in [0.25, 0.3) is 0 Å². The van der Waals surface area contributed by atoms with Gasteiger partial charge in [-0.15, -0.1) is 0 Å². The minimum atomic E-state index is 0.374. The van der Waals surface area contributed by atoms with E-state index in [0.717, 1.165) is 55.9 Å². The highest BCUT2D eigenvalue weighted by Crippen LogP contribution is 2.35. The molecule has 1 atom stereocenters. The minimum Gasteiger partial charge on any atom is -0.370 e. The number of nitrogens with one attached hydrogen (secondary N) is 1. The van der Waals surface area contributed by atoms with Crippen molar-refractivity contribution in [1.82, 2.24) is 9.97 Å². The van der Waals surface area contributed by atoms with E-state index in [1.54, 1.807) is 0 Å². The zero-order valence-electron chi connectivity index (χ0n) is 14.2. The summed E-state index contributed by atoms with van der Waals surface area (Å²) in [5, 5.41) is 3.40. The van der Waals surface area contributed by atoms with E-state index in [0.29, 0.717) is 5.41 Å². The van der Waals surface area contributed by atoms with Crippen molar-refractivity contribution in [2.75, 3.05) is 29.9 Å². The number of aromatic nitrogens is 2. The van der Waals surface area contributed by atoms with E-state index in [-0.39, 0.29) is 0 Å². The van der Waals surface area contributed by atoms with Crippen LogP contribution >= 0.6 is 0 Å². The summed E-state index contributed by atoms with van der Waals surface area (Å²) in [6.45, 7) is 14.5. The molecule has 4 nitrogen and oxygen atoms in total. The molecular weight excluding hydrogens is 260 g/mol. The molecule has 118 valence electrons. The van der Waals surface area contributed by atoms with Gasteiger partial charge in [0.1, 0.15) is 17.5 Å². The third-order valence-corrected chi connectivity index (χ3v) is 4.37. The average Bonchev–Trinajstić information content (AvgIpc) is 2.94. The molecule has 1 unspecified atom stereocenters. The topological polar surface area (TPSA) is 41.0 Å². The fourth-order valence-corrected chi connectivity index (χ4v) is 2.82. The first kappa shape index (κ1) is 16.1. The second-order valence-corrected chi connectivity index (χ2v) is 7.11. The molecule has 0 spiro atoms. The molecule has 1 saturated heterocycles. The zero-order valence-corrected chi connectivity index (χ0v) is 14.2. The van der Waals surface area contributed by atoms with E-state index in [2.05, 4.69) is 55.9 Å². The summed E-state index contributed by atoms with van der Waals surface area (Å²) in [5.41, 5.74) is 0.374. The fourth-order valence-electron chi connectivity index (χ4n) is 2.82. The van der Waals surface area contributed by atoms with E-state index in [1.165, 1.54) is 6.42 Å². The third kappa shape index (κ3) is 4.08. The van der Waals surface area contributed by atoms with E-state index in [9.17, 15) is 0 Å². The van der Waals surface area contributed by atoms with Crippen LogP contribution in [0.3, 0.4) is 0 Å². The van der Waals surface area contributed by atoms with Crippen molar-refractivity contribution in [3.8, 4) is 0 Å². The molecule has 1 aromatic heterocycles. The molecule has 0 bridgehead atoms. The standard InChI is InChI=1S/C17H30N4/c1-6-9-18-15-11-16(20-14(7-2)19-15)21-10-8-13(12-21)17(3,4)5/h11,13H,6-10,12H2,1-5H3,(H,18,19,20). The van der Waals surface area contributed by atoms with Crippen LogP contribution in [0.5, 0.6) is 0 Å². The van der Waals surface area contributed by atoms with Crippen LogP contribution in [-0.4, -0.2) is 29.6 Å². The molecule has 21 heavy (non-hydrogen) atoms. The molecule has 1 aliphatic heterocycles. The first-order valence-electron chi connectivity index (χ1n) is 8.30. The number of hydrogen-bond donors (Lipinski definition) is 1. The summed E-state index contributed by atoms with van der Waals surface area (Å²) >= 11 is 0. The van der Waals surface area contributed by atoms with E-state index in [1.807, 2.05) is 0 Å². The molecule has 2 rings (SSSR count). The SMILES string of the molecule is CCCNc1cc(N2CCC(C(C)(C)C)C2)nc(CC)n1. The lowest BCUT2D eigenvalue weighted by Gasteiger charge is -2.27.